The van der Waals surface area contributed by atoms with Gasteiger partial charge in [-0.15, -0.1) is 0 Å². The van der Waals surface area contributed by atoms with Gasteiger partial charge in [-0.25, -0.2) is 15.0 Å². The first-order chi connectivity index (χ1) is 6.25. The van der Waals surface area contributed by atoms with Gasteiger partial charge in [0.25, 0.3) is 0 Å². The second-order valence-electron chi connectivity index (χ2n) is 3.11. The van der Waals surface area contributed by atoms with Crippen molar-refractivity contribution in [3.8, 4) is 0 Å². The molecule has 0 bridgehead atoms. The Bertz CT molecular complexity index is 406. The van der Waals surface area contributed by atoms with Crippen molar-refractivity contribution < 1.29 is 0 Å². The lowest BCUT2D eigenvalue weighted by molar-refractivity contribution is 0.704. The Balaban J connectivity index is 2.37. The zero-order valence-electron chi connectivity index (χ0n) is 7.36. The van der Waals surface area contributed by atoms with E-state index < -0.39 is 0 Å². The number of H-pyrrole nitrogens is 1. The minimum absolute atomic E-state index is 0.0800. The van der Waals surface area contributed by atoms with Crippen LogP contribution in [-0.2, 0) is 6.42 Å². The van der Waals surface area contributed by atoms with E-state index in [9.17, 15) is 0 Å². The Labute approximate surface area is 75.4 Å². The highest BCUT2D eigenvalue weighted by molar-refractivity contribution is 5.68. The highest BCUT2D eigenvalue weighted by Crippen LogP contribution is 2.04. The first-order valence-electron chi connectivity index (χ1n) is 4.16. The number of aromatic amines is 1. The molecule has 0 saturated heterocycles. The van der Waals surface area contributed by atoms with Crippen LogP contribution < -0.4 is 5.73 Å². The van der Waals surface area contributed by atoms with Crippen LogP contribution in [0.15, 0.2) is 12.5 Å². The van der Waals surface area contributed by atoms with E-state index in [4.69, 9.17) is 5.73 Å². The third kappa shape index (κ3) is 1.65. The van der Waals surface area contributed by atoms with Gasteiger partial charge in [-0.2, -0.15) is 0 Å². The molecule has 0 aromatic carbocycles. The van der Waals surface area contributed by atoms with E-state index in [1.54, 1.807) is 12.5 Å². The van der Waals surface area contributed by atoms with Gasteiger partial charge in [-0.1, -0.05) is 0 Å². The summed E-state index contributed by atoms with van der Waals surface area (Å²) in [6.45, 7) is 1.93. The van der Waals surface area contributed by atoms with E-state index in [2.05, 4.69) is 19.9 Å². The van der Waals surface area contributed by atoms with E-state index >= 15 is 0 Å². The smallest absolute Gasteiger partial charge is 0.180 e. The van der Waals surface area contributed by atoms with Crippen LogP contribution >= 0.6 is 0 Å². The zero-order valence-corrected chi connectivity index (χ0v) is 7.36. The van der Waals surface area contributed by atoms with E-state index in [-0.39, 0.29) is 6.04 Å². The lowest BCUT2D eigenvalue weighted by atomic mass is 10.2. The molecule has 0 radical (unpaired) electrons. The third-order valence-electron chi connectivity index (χ3n) is 1.73. The predicted octanol–water partition coefficient (Wildman–Crippen LogP) is 0.243. The van der Waals surface area contributed by atoms with E-state index in [0.717, 1.165) is 11.3 Å². The summed E-state index contributed by atoms with van der Waals surface area (Å²) in [5, 5.41) is 0. The number of nitrogens with two attached hydrogens (primary N) is 1. The molecule has 2 heterocycles. The molecule has 0 aliphatic rings. The van der Waals surface area contributed by atoms with Crippen molar-refractivity contribution in [1.29, 1.82) is 0 Å². The van der Waals surface area contributed by atoms with Gasteiger partial charge < -0.3 is 10.7 Å². The van der Waals surface area contributed by atoms with Gasteiger partial charge in [-0.05, 0) is 6.92 Å². The molecule has 0 saturated carbocycles. The van der Waals surface area contributed by atoms with Gasteiger partial charge in [0.1, 0.15) is 11.3 Å². The SMILES string of the molecule is CC(N)Cc1ncc2[nH]cnc2n1. The van der Waals surface area contributed by atoms with Gasteiger partial charge in [0.2, 0.25) is 0 Å². The van der Waals surface area contributed by atoms with Crippen molar-refractivity contribution in [2.75, 3.05) is 0 Å². The molecule has 0 aliphatic carbocycles. The Kier molecular flexibility index (Phi) is 1.94. The molecule has 5 heteroatoms. The monoisotopic (exact) mass is 177 g/mol. The van der Waals surface area contributed by atoms with Crippen LogP contribution in [0.4, 0.5) is 0 Å². The lowest BCUT2D eigenvalue weighted by Gasteiger charge is -2.01. The topological polar surface area (TPSA) is 80.5 Å². The van der Waals surface area contributed by atoms with Crippen LogP contribution in [0.25, 0.3) is 11.2 Å². The zero-order chi connectivity index (χ0) is 9.26. The summed E-state index contributed by atoms with van der Waals surface area (Å²) in [6, 6.07) is 0.0800. The van der Waals surface area contributed by atoms with E-state index in [0.29, 0.717) is 12.1 Å². The molecule has 0 fully saturated rings. The van der Waals surface area contributed by atoms with Crippen molar-refractivity contribution in [3.05, 3.63) is 18.3 Å². The van der Waals surface area contributed by atoms with Crippen molar-refractivity contribution in [2.45, 2.75) is 19.4 Å². The molecule has 5 nitrogen and oxygen atoms in total. The molecule has 0 spiro atoms. The summed E-state index contributed by atoms with van der Waals surface area (Å²) in [4.78, 5) is 15.4. The molecule has 13 heavy (non-hydrogen) atoms. The summed E-state index contributed by atoms with van der Waals surface area (Å²) in [5.74, 6) is 0.745. The lowest BCUT2D eigenvalue weighted by Crippen LogP contribution is -2.19. The molecule has 68 valence electrons. The maximum atomic E-state index is 5.64. The molecule has 2 aromatic rings. The predicted molar refractivity (Wildman–Crippen MR) is 49.0 cm³/mol. The first kappa shape index (κ1) is 8.12. The maximum absolute atomic E-state index is 5.64. The number of nitrogens with zero attached hydrogens (tertiary/aromatic N) is 3. The minimum Gasteiger partial charge on any atom is -0.342 e. The molecule has 0 amide bonds. The Morgan fingerprint density at radius 1 is 1.54 bits per heavy atom. The van der Waals surface area contributed by atoms with Crippen LogP contribution in [0.2, 0.25) is 0 Å². The van der Waals surface area contributed by atoms with Crippen LogP contribution in [0.3, 0.4) is 0 Å². The highest BCUT2D eigenvalue weighted by atomic mass is 15.0. The highest BCUT2D eigenvalue weighted by Gasteiger charge is 2.03. The van der Waals surface area contributed by atoms with Gasteiger partial charge in [0.15, 0.2) is 5.65 Å². The number of imidazole rings is 1. The fraction of sp³-hybridized carbons (Fsp3) is 0.375. The number of fused-ring (bicyclic) bond motifs is 1. The molecule has 3 N–H and O–H groups in total. The molecule has 2 rings (SSSR count). The van der Waals surface area contributed by atoms with Gasteiger partial charge in [0.05, 0.1) is 12.5 Å². The molecule has 2 aromatic heterocycles. The normalized spacial score (nSPS) is 13.4. The molecular formula is C8H11N5. The van der Waals surface area contributed by atoms with E-state index in [1.807, 2.05) is 6.92 Å². The number of nitrogens with one attached hydrogen (secondary N) is 1. The summed E-state index contributed by atoms with van der Waals surface area (Å²) in [7, 11) is 0. The Morgan fingerprint density at radius 2 is 2.38 bits per heavy atom. The quantitative estimate of drug-likeness (QED) is 0.688. The van der Waals surface area contributed by atoms with Gasteiger partial charge in [-0.3, -0.25) is 0 Å². The van der Waals surface area contributed by atoms with Crippen LogP contribution in [0.1, 0.15) is 12.7 Å². The number of hydrogen-bond donors (Lipinski definition) is 2. The van der Waals surface area contributed by atoms with Crippen molar-refractivity contribution in [2.24, 2.45) is 5.73 Å². The standard InChI is InChI=1S/C8H11N5/c1-5(9)2-7-10-3-6-8(13-7)12-4-11-6/h3-5H,2,9H2,1H3,(H,10,11,12,13). The Morgan fingerprint density at radius 3 is 3.15 bits per heavy atom. The molecule has 1 atom stereocenters. The fourth-order valence-corrected chi connectivity index (χ4v) is 1.16. The van der Waals surface area contributed by atoms with Crippen molar-refractivity contribution >= 4 is 11.2 Å². The molecule has 0 aliphatic heterocycles. The largest absolute Gasteiger partial charge is 0.342 e. The molecular weight excluding hydrogens is 166 g/mol. The van der Waals surface area contributed by atoms with Crippen molar-refractivity contribution in [3.63, 3.8) is 0 Å². The van der Waals surface area contributed by atoms with Crippen LogP contribution in [0.5, 0.6) is 0 Å². The van der Waals surface area contributed by atoms with Crippen molar-refractivity contribution in [1.82, 2.24) is 19.9 Å². The summed E-state index contributed by atoms with van der Waals surface area (Å²) in [6.07, 6.45) is 4.02. The summed E-state index contributed by atoms with van der Waals surface area (Å²) >= 11 is 0. The first-order valence-corrected chi connectivity index (χ1v) is 4.16. The number of hydrogen-bond acceptors (Lipinski definition) is 4. The number of aromatic nitrogens is 4. The second-order valence-corrected chi connectivity index (χ2v) is 3.11. The van der Waals surface area contributed by atoms with Crippen LogP contribution in [-0.4, -0.2) is 26.0 Å². The maximum Gasteiger partial charge on any atom is 0.180 e. The van der Waals surface area contributed by atoms with Crippen LogP contribution in [0, 0.1) is 0 Å². The number of rotatable bonds is 2. The summed E-state index contributed by atoms with van der Waals surface area (Å²) in [5.41, 5.74) is 7.19. The molecule has 1 unspecified atom stereocenters. The Hall–Kier alpha value is -1.49. The third-order valence-corrected chi connectivity index (χ3v) is 1.73. The van der Waals surface area contributed by atoms with E-state index in [1.165, 1.54) is 0 Å². The average molecular weight is 177 g/mol. The average Bonchev–Trinajstić information content (AvgIpc) is 2.49. The second kappa shape index (κ2) is 3.10. The van der Waals surface area contributed by atoms with Gasteiger partial charge in [0, 0.05) is 12.5 Å². The minimum atomic E-state index is 0.0800. The van der Waals surface area contributed by atoms with Gasteiger partial charge >= 0.3 is 0 Å². The fourth-order valence-electron chi connectivity index (χ4n) is 1.16. The summed E-state index contributed by atoms with van der Waals surface area (Å²) < 4.78 is 0.